The topological polar surface area (TPSA) is 61.8 Å². The van der Waals surface area contributed by atoms with Crippen LogP contribution in [0.15, 0.2) is 24.3 Å². The van der Waals surface area contributed by atoms with Crippen LogP contribution in [0.4, 0.5) is 0 Å². The molecule has 0 heterocycles. The van der Waals surface area contributed by atoms with Gasteiger partial charge in [0.2, 0.25) is 0 Å². The van der Waals surface area contributed by atoms with Gasteiger partial charge in [0.05, 0.1) is 20.3 Å². The summed E-state index contributed by atoms with van der Waals surface area (Å²) in [6, 6.07) is 7.39. The van der Waals surface area contributed by atoms with Crippen LogP contribution in [0.5, 0.6) is 5.75 Å². The number of hydrogen-bond acceptors (Lipinski definition) is 5. The van der Waals surface area contributed by atoms with Crippen LogP contribution in [0.1, 0.15) is 26.3 Å². The molecule has 5 heteroatoms. The number of rotatable bonds is 8. The van der Waals surface area contributed by atoms with E-state index in [-0.39, 0.29) is 25.6 Å². The molecule has 0 radical (unpaired) electrons. The van der Waals surface area contributed by atoms with Crippen LogP contribution >= 0.6 is 0 Å². The fourth-order valence-electron chi connectivity index (χ4n) is 1.63. The number of Topliss-reactive ketones (excluding diaryl/α,β-unsaturated/α-hetero) is 1. The number of benzene rings is 1. The van der Waals surface area contributed by atoms with Crippen LogP contribution in [0.25, 0.3) is 0 Å². The van der Waals surface area contributed by atoms with Crippen molar-refractivity contribution in [2.24, 2.45) is 5.41 Å². The summed E-state index contributed by atoms with van der Waals surface area (Å²) < 4.78 is 15.4. The maximum atomic E-state index is 12.0. The molecule has 0 aliphatic rings. The van der Waals surface area contributed by atoms with Crippen molar-refractivity contribution < 1.29 is 23.8 Å². The Balaban J connectivity index is 2.51. The number of ether oxygens (including phenoxy) is 3. The molecule has 0 N–H and O–H groups in total. The average Bonchev–Trinajstić information content (AvgIpc) is 2.47. The number of carbonyl (C=O) groups excluding carboxylic acids is 2. The zero-order valence-corrected chi connectivity index (χ0v) is 13.0. The molecular formula is C16H22O5. The molecule has 21 heavy (non-hydrogen) atoms. The third-order valence-electron chi connectivity index (χ3n) is 3.12. The summed E-state index contributed by atoms with van der Waals surface area (Å²) >= 11 is 0. The standard InChI is InChI=1S/C16H22O5/c1-5-21-15(18)16(2,3)14(17)11-20-10-12-7-6-8-13(9-12)19-4/h6-9H,5,10-11H2,1-4H3. The lowest BCUT2D eigenvalue weighted by atomic mass is 9.88. The maximum Gasteiger partial charge on any atom is 0.319 e. The monoisotopic (exact) mass is 294 g/mol. The van der Waals surface area contributed by atoms with Gasteiger partial charge in [-0.1, -0.05) is 12.1 Å². The highest BCUT2D eigenvalue weighted by Crippen LogP contribution is 2.20. The minimum Gasteiger partial charge on any atom is -0.497 e. The first kappa shape index (κ1) is 17.2. The highest BCUT2D eigenvalue weighted by atomic mass is 16.5. The van der Waals surface area contributed by atoms with Crippen molar-refractivity contribution in [1.29, 1.82) is 0 Å². The van der Waals surface area contributed by atoms with Crippen molar-refractivity contribution in [3.8, 4) is 5.75 Å². The van der Waals surface area contributed by atoms with E-state index >= 15 is 0 Å². The molecule has 0 amide bonds. The van der Waals surface area contributed by atoms with E-state index < -0.39 is 11.4 Å². The van der Waals surface area contributed by atoms with Crippen LogP contribution in [0, 0.1) is 5.41 Å². The third kappa shape index (κ3) is 4.86. The van der Waals surface area contributed by atoms with Gasteiger partial charge in [0, 0.05) is 0 Å². The lowest BCUT2D eigenvalue weighted by Gasteiger charge is -2.20. The highest BCUT2D eigenvalue weighted by Gasteiger charge is 2.37. The lowest BCUT2D eigenvalue weighted by Crippen LogP contribution is -2.37. The SMILES string of the molecule is CCOC(=O)C(C)(C)C(=O)COCc1cccc(OC)c1. The molecule has 0 saturated carbocycles. The normalized spacial score (nSPS) is 11.0. The van der Waals surface area contributed by atoms with Gasteiger partial charge in [0.15, 0.2) is 5.78 Å². The Kier molecular flexibility index (Phi) is 6.37. The highest BCUT2D eigenvalue weighted by molar-refractivity contribution is 6.03. The summed E-state index contributed by atoms with van der Waals surface area (Å²) in [5.74, 6) is -0.0990. The van der Waals surface area contributed by atoms with E-state index in [2.05, 4.69) is 0 Å². The van der Waals surface area contributed by atoms with Crippen LogP contribution in [-0.2, 0) is 25.7 Å². The first-order valence-electron chi connectivity index (χ1n) is 6.83. The van der Waals surface area contributed by atoms with E-state index in [0.717, 1.165) is 11.3 Å². The van der Waals surface area contributed by atoms with Gasteiger partial charge in [0.1, 0.15) is 17.8 Å². The van der Waals surface area contributed by atoms with Crippen molar-refractivity contribution in [2.45, 2.75) is 27.4 Å². The van der Waals surface area contributed by atoms with Crippen molar-refractivity contribution in [3.05, 3.63) is 29.8 Å². The van der Waals surface area contributed by atoms with Gasteiger partial charge in [-0.25, -0.2) is 0 Å². The van der Waals surface area contributed by atoms with Gasteiger partial charge < -0.3 is 14.2 Å². The average molecular weight is 294 g/mol. The van der Waals surface area contributed by atoms with Gasteiger partial charge in [-0.05, 0) is 38.5 Å². The number of carbonyl (C=O) groups is 2. The van der Waals surface area contributed by atoms with Gasteiger partial charge in [-0.2, -0.15) is 0 Å². The van der Waals surface area contributed by atoms with E-state index in [9.17, 15) is 9.59 Å². The van der Waals surface area contributed by atoms with Crippen LogP contribution in [0.3, 0.4) is 0 Å². The summed E-state index contributed by atoms with van der Waals surface area (Å²) in [5.41, 5.74) is -0.291. The van der Waals surface area contributed by atoms with Gasteiger partial charge in [0.25, 0.3) is 0 Å². The number of methoxy groups -OCH3 is 1. The molecule has 0 aliphatic heterocycles. The molecule has 5 nitrogen and oxygen atoms in total. The smallest absolute Gasteiger partial charge is 0.319 e. The molecule has 0 aliphatic carbocycles. The Bertz CT molecular complexity index is 493. The molecular weight excluding hydrogens is 272 g/mol. The molecule has 0 aromatic heterocycles. The van der Waals surface area contributed by atoms with Crippen molar-refractivity contribution >= 4 is 11.8 Å². The molecule has 1 rings (SSSR count). The first-order chi connectivity index (χ1) is 9.91. The molecule has 1 aromatic rings. The van der Waals surface area contributed by atoms with Crippen molar-refractivity contribution in [3.63, 3.8) is 0 Å². The van der Waals surface area contributed by atoms with E-state index in [1.807, 2.05) is 24.3 Å². The summed E-state index contributed by atoms with van der Waals surface area (Å²) in [4.78, 5) is 23.8. The number of esters is 1. The van der Waals surface area contributed by atoms with Crippen LogP contribution < -0.4 is 4.74 Å². The predicted molar refractivity (Wildman–Crippen MR) is 78.1 cm³/mol. The summed E-state index contributed by atoms with van der Waals surface area (Å²) in [7, 11) is 1.59. The van der Waals surface area contributed by atoms with E-state index in [1.54, 1.807) is 27.9 Å². The number of hydrogen-bond donors (Lipinski definition) is 0. The maximum absolute atomic E-state index is 12.0. The predicted octanol–water partition coefficient (Wildman–Crippen LogP) is 2.37. The third-order valence-corrected chi connectivity index (χ3v) is 3.12. The zero-order chi connectivity index (χ0) is 15.9. The number of ketones is 1. The first-order valence-corrected chi connectivity index (χ1v) is 6.83. The van der Waals surface area contributed by atoms with Gasteiger partial charge >= 0.3 is 5.97 Å². The summed E-state index contributed by atoms with van der Waals surface area (Å²) in [6.45, 7) is 5.19. The Morgan fingerprint density at radius 3 is 2.57 bits per heavy atom. The van der Waals surface area contributed by atoms with Crippen LogP contribution in [0.2, 0.25) is 0 Å². The quantitative estimate of drug-likeness (QED) is 0.544. The molecule has 0 unspecified atom stereocenters. The molecule has 1 aromatic carbocycles. The fraction of sp³-hybridized carbons (Fsp3) is 0.500. The Hall–Kier alpha value is -1.88. The largest absolute Gasteiger partial charge is 0.497 e. The zero-order valence-electron chi connectivity index (χ0n) is 13.0. The van der Waals surface area contributed by atoms with E-state index in [1.165, 1.54) is 0 Å². The Morgan fingerprint density at radius 2 is 1.95 bits per heavy atom. The Labute approximate surface area is 125 Å². The minimum atomic E-state index is -1.19. The molecule has 0 spiro atoms. The van der Waals surface area contributed by atoms with Crippen LogP contribution in [-0.4, -0.2) is 32.1 Å². The van der Waals surface area contributed by atoms with E-state index in [0.29, 0.717) is 0 Å². The molecule has 0 atom stereocenters. The van der Waals surface area contributed by atoms with Crippen molar-refractivity contribution in [1.82, 2.24) is 0 Å². The molecule has 0 bridgehead atoms. The van der Waals surface area contributed by atoms with E-state index in [4.69, 9.17) is 14.2 Å². The molecule has 116 valence electrons. The van der Waals surface area contributed by atoms with Gasteiger partial charge in [-0.3, -0.25) is 9.59 Å². The molecule has 0 saturated heterocycles. The van der Waals surface area contributed by atoms with Gasteiger partial charge in [-0.15, -0.1) is 0 Å². The second kappa shape index (κ2) is 7.78. The lowest BCUT2D eigenvalue weighted by molar-refractivity contribution is -0.159. The second-order valence-corrected chi connectivity index (χ2v) is 5.11. The second-order valence-electron chi connectivity index (χ2n) is 5.11. The summed E-state index contributed by atoms with van der Waals surface area (Å²) in [5, 5.41) is 0. The Morgan fingerprint density at radius 1 is 1.24 bits per heavy atom. The fourth-order valence-corrected chi connectivity index (χ4v) is 1.63. The summed E-state index contributed by atoms with van der Waals surface area (Å²) in [6.07, 6.45) is 0. The van der Waals surface area contributed by atoms with Crippen molar-refractivity contribution in [2.75, 3.05) is 20.3 Å². The molecule has 0 fully saturated rings. The minimum absolute atomic E-state index is 0.136.